The van der Waals surface area contributed by atoms with Crippen LogP contribution >= 0.6 is 11.6 Å². The molecule has 1 heterocycles. The molecule has 1 atom stereocenters. The standard InChI is InChI=1S/C12H18ClN3O/c1-8(4-5-14)2-3-11(17)10-6-9(13)7-16-12(10)15/h6-8H,2-5,14H2,1H3,(H2,15,16). The van der Waals surface area contributed by atoms with E-state index in [4.69, 9.17) is 23.1 Å². The van der Waals surface area contributed by atoms with E-state index < -0.39 is 0 Å². The van der Waals surface area contributed by atoms with Gasteiger partial charge in [-0.3, -0.25) is 4.79 Å². The Balaban J connectivity index is 2.61. The number of nitrogens with zero attached hydrogens (tertiary/aromatic N) is 1. The van der Waals surface area contributed by atoms with Crippen LogP contribution in [0.3, 0.4) is 0 Å². The van der Waals surface area contributed by atoms with Gasteiger partial charge in [-0.25, -0.2) is 4.98 Å². The van der Waals surface area contributed by atoms with E-state index in [0.29, 0.717) is 29.5 Å². The Morgan fingerprint density at radius 3 is 2.88 bits per heavy atom. The number of carbonyl (C=O) groups excluding carboxylic acids is 1. The smallest absolute Gasteiger partial charge is 0.166 e. The van der Waals surface area contributed by atoms with Crippen LogP contribution in [0.2, 0.25) is 5.02 Å². The summed E-state index contributed by atoms with van der Waals surface area (Å²) in [6, 6.07) is 1.57. The number of rotatable bonds is 6. The van der Waals surface area contributed by atoms with Crippen molar-refractivity contribution in [3.8, 4) is 0 Å². The van der Waals surface area contributed by atoms with Crippen molar-refractivity contribution in [2.45, 2.75) is 26.2 Å². The fourth-order valence-electron chi connectivity index (χ4n) is 1.61. The Kier molecular flexibility index (Phi) is 5.38. The number of pyridine rings is 1. The van der Waals surface area contributed by atoms with Crippen molar-refractivity contribution < 1.29 is 4.79 Å². The number of anilines is 1. The molecular formula is C12H18ClN3O. The van der Waals surface area contributed by atoms with Gasteiger partial charge < -0.3 is 11.5 Å². The van der Waals surface area contributed by atoms with Gasteiger partial charge in [-0.1, -0.05) is 18.5 Å². The number of carbonyl (C=O) groups is 1. The molecule has 0 aliphatic heterocycles. The average molecular weight is 256 g/mol. The van der Waals surface area contributed by atoms with E-state index in [1.807, 2.05) is 0 Å². The second-order valence-corrected chi connectivity index (χ2v) is 4.67. The van der Waals surface area contributed by atoms with Gasteiger partial charge >= 0.3 is 0 Å². The van der Waals surface area contributed by atoms with Crippen molar-refractivity contribution in [2.75, 3.05) is 12.3 Å². The Bertz CT molecular complexity index is 395. The molecule has 0 spiro atoms. The molecule has 17 heavy (non-hydrogen) atoms. The lowest BCUT2D eigenvalue weighted by molar-refractivity contribution is 0.0974. The van der Waals surface area contributed by atoms with Gasteiger partial charge in [0, 0.05) is 12.6 Å². The number of hydrogen-bond acceptors (Lipinski definition) is 4. The highest BCUT2D eigenvalue weighted by atomic mass is 35.5. The first-order chi connectivity index (χ1) is 8.04. The average Bonchev–Trinajstić information content (AvgIpc) is 2.29. The first-order valence-corrected chi connectivity index (χ1v) is 6.06. The van der Waals surface area contributed by atoms with Crippen molar-refractivity contribution in [2.24, 2.45) is 11.7 Å². The number of nitrogens with two attached hydrogens (primary N) is 2. The van der Waals surface area contributed by atoms with E-state index in [1.165, 1.54) is 6.20 Å². The van der Waals surface area contributed by atoms with Gasteiger partial charge in [0.15, 0.2) is 5.78 Å². The third-order valence-electron chi connectivity index (χ3n) is 2.71. The van der Waals surface area contributed by atoms with E-state index in [0.717, 1.165) is 12.8 Å². The second-order valence-electron chi connectivity index (χ2n) is 4.23. The SMILES string of the molecule is CC(CCN)CCC(=O)c1cc(Cl)cnc1N. The van der Waals surface area contributed by atoms with Crippen LogP contribution in [-0.2, 0) is 0 Å². The summed E-state index contributed by atoms with van der Waals surface area (Å²) < 4.78 is 0. The number of nitrogen functional groups attached to an aromatic ring is 1. The maximum Gasteiger partial charge on any atom is 0.166 e. The summed E-state index contributed by atoms with van der Waals surface area (Å²) in [7, 11) is 0. The Hall–Kier alpha value is -1.13. The van der Waals surface area contributed by atoms with Crippen LogP contribution in [-0.4, -0.2) is 17.3 Å². The van der Waals surface area contributed by atoms with E-state index in [9.17, 15) is 4.79 Å². The topological polar surface area (TPSA) is 82.0 Å². The lowest BCUT2D eigenvalue weighted by Crippen LogP contribution is -2.10. The summed E-state index contributed by atoms with van der Waals surface area (Å²) in [6.45, 7) is 2.73. The molecule has 0 saturated carbocycles. The predicted octanol–water partition coefficient (Wildman–Crippen LogP) is 2.27. The number of hydrogen-bond donors (Lipinski definition) is 2. The number of halogens is 1. The van der Waals surface area contributed by atoms with Crippen LogP contribution in [0.5, 0.6) is 0 Å². The van der Waals surface area contributed by atoms with Crippen LogP contribution in [0.4, 0.5) is 5.82 Å². The maximum absolute atomic E-state index is 11.9. The minimum atomic E-state index is -0.0126. The Labute approximate surface area is 106 Å². The van der Waals surface area contributed by atoms with Crippen LogP contribution in [0.1, 0.15) is 36.5 Å². The maximum atomic E-state index is 11.9. The molecule has 0 radical (unpaired) electrons. The summed E-state index contributed by atoms with van der Waals surface area (Å²) in [4.78, 5) is 15.8. The zero-order valence-electron chi connectivity index (χ0n) is 9.95. The third-order valence-corrected chi connectivity index (χ3v) is 2.92. The number of Topliss-reactive ketones (excluding diaryl/α,β-unsaturated/α-hetero) is 1. The van der Waals surface area contributed by atoms with Crippen molar-refractivity contribution in [1.82, 2.24) is 4.98 Å². The Morgan fingerprint density at radius 1 is 1.53 bits per heavy atom. The summed E-state index contributed by atoms with van der Waals surface area (Å²) >= 11 is 5.79. The molecule has 4 N–H and O–H groups in total. The molecule has 0 aliphatic carbocycles. The van der Waals surface area contributed by atoms with E-state index in [1.54, 1.807) is 6.07 Å². The summed E-state index contributed by atoms with van der Waals surface area (Å²) in [6.07, 6.45) is 3.62. The third kappa shape index (κ3) is 4.32. The molecule has 1 aromatic rings. The van der Waals surface area contributed by atoms with Crippen molar-refractivity contribution in [3.05, 3.63) is 22.8 Å². The molecule has 5 heteroatoms. The lowest BCUT2D eigenvalue weighted by atomic mass is 9.98. The van der Waals surface area contributed by atoms with E-state index in [-0.39, 0.29) is 11.6 Å². The fourth-order valence-corrected chi connectivity index (χ4v) is 1.77. The van der Waals surface area contributed by atoms with Crippen molar-refractivity contribution in [1.29, 1.82) is 0 Å². The van der Waals surface area contributed by atoms with Gasteiger partial charge in [-0.2, -0.15) is 0 Å². The Morgan fingerprint density at radius 2 is 2.24 bits per heavy atom. The van der Waals surface area contributed by atoms with Crippen LogP contribution < -0.4 is 11.5 Å². The van der Waals surface area contributed by atoms with Gasteiger partial charge in [-0.05, 0) is 31.4 Å². The highest BCUT2D eigenvalue weighted by Gasteiger charge is 2.13. The van der Waals surface area contributed by atoms with E-state index in [2.05, 4.69) is 11.9 Å². The lowest BCUT2D eigenvalue weighted by Gasteiger charge is -2.09. The van der Waals surface area contributed by atoms with Crippen LogP contribution in [0.25, 0.3) is 0 Å². The predicted molar refractivity (Wildman–Crippen MR) is 70.1 cm³/mol. The van der Waals surface area contributed by atoms with Crippen LogP contribution in [0, 0.1) is 5.92 Å². The molecule has 1 unspecified atom stereocenters. The van der Waals surface area contributed by atoms with E-state index >= 15 is 0 Å². The molecular weight excluding hydrogens is 238 g/mol. The van der Waals surface area contributed by atoms with Gasteiger partial charge in [0.25, 0.3) is 0 Å². The zero-order valence-corrected chi connectivity index (χ0v) is 10.7. The normalized spacial score (nSPS) is 12.4. The quantitative estimate of drug-likeness (QED) is 0.764. The first kappa shape index (κ1) is 13.9. The van der Waals surface area contributed by atoms with Gasteiger partial charge in [0.05, 0.1) is 10.6 Å². The van der Waals surface area contributed by atoms with Gasteiger partial charge in [-0.15, -0.1) is 0 Å². The molecule has 0 aliphatic rings. The molecule has 0 fully saturated rings. The minimum Gasteiger partial charge on any atom is -0.383 e. The van der Waals surface area contributed by atoms with Crippen molar-refractivity contribution in [3.63, 3.8) is 0 Å². The summed E-state index contributed by atoms with van der Waals surface area (Å²) in [5, 5.41) is 0.428. The molecule has 1 aromatic heterocycles. The molecule has 0 bridgehead atoms. The molecule has 94 valence electrons. The molecule has 4 nitrogen and oxygen atoms in total. The molecule has 1 rings (SSSR count). The summed E-state index contributed by atoms with van der Waals surface area (Å²) in [5.41, 5.74) is 11.5. The van der Waals surface area contributed by atoms with Gasteiger partial charge in [0.2, 0.25) is 0 Å². The molecule has 0 aromatic carbocycles. The fraction of sp³-hybridized carbons (Fsp3) is 0.500. The number of aromatic nitrogens is 1. The first-order valence-electron chi connectivity index (χ1n) is 5.69. The number of ketones is 1. The van der Waals surface area contributed by atoms with Gasteiger partial charge in [0.1, 0.15) is 5.82 Å². The zero-order chi connectivity index (χ0) is 12.8. The summed E-state index contributed by atoms with van der Waals surface area (Å²) in [5.74, 6) is 0.671. The minimum absolute atomic E-state index is 0.0126. The monoisotopic (exact) mass is 255 g/mol. The highest BCUT2D eigenvalue weighted by molar-refractivity contribution is 6.31. The molecule has 0 amide bonds. The second kappa shape index (κ2) is 6.57. The largest absolute Gasteiger partial charge is 0.383 e. The van der Waals surface area contributed by atoms with Crippen molar-refractivity contribution >= 4 is 23.2 Å². The molecule has 0 saturated heterocycles. The van der Waals surface area contributed by atoms with Crippen LogP contribution in [0.15, 0.2) is 12.3 Å². The highest BCUT2D eigenvalue weighted by Crippen LogP contribution is 2.19.